The van der Waals surface area contributed by atoms with Gasteiger partial charge in [-0.25, -0.2) is 0 Å². The molecule has 3 N–H and O–H groups in total. The van der Waals surface area contributed by atoms with Crippen molar-refractivity contribution in [1.82, 2.24) is 5.32 Å². The molecule has 0 saturated carbocycles. The number of hydrogen-bond donors (Lipinski definition) is 3. The van der Waals surface area contributed by atoms with Crippen LogP contribution in [0, 0.1) is 0 Å². The van der Waals surface area contributed by atoms with Crippen LogP contribution in [0.1, 0.15) is 38.3 Å². The maximum atomic E-state index is 9.48. The first-order valence-electron chi connectivity index (χ1n) is 6.35. The Kier molecular flexibility index (Phi) is 6.29. The first-order chi connectivity index (χ1) is 8.60. The highest BCUT2D eigenvalue weighted by molar-refractivity contribution is 9.10. The Morgan fingerprint density at radius 3 is 2.11 bits per heavy atom. The molecule has 1 atom stereocenters. The zero-order chi connectivity index (χ0) is 13.6. The maximum Gasteiger partial charge on any atom is 0.0650 e. The fourth-order valence-corrected chi connectivity index (χ4v) is 2.22. The largest absolute Gasteiger partial charge is 0.394 e. The molecule has 4 heteroatoms. The van der Waals surface area contributed by atoms with Gasteiger partial charge in [0, 0.05) is 10.5 Å². The van der Waals surface area contributed by atoms with Crippen molar-refractivity contribution in [3.8, 4) is 0 Å². The van der Waals surface area contributed by atoms with Gasteiger partial charge in [0.15, 0.2) is 0 Å². The van der Waals surface area contributed by atoms with Gasteiger partial charge in [0.1, 0.15) is 0 Å². The first-order valence-corrected chi connectivity index (χ1v) is 7.15. The lowest BCUT2D eigenvalue weighted by molar-refractivity contribution is 0.0768. The molecule has 0 aromatic heterocycles. The number of hydrogen-bond acceptors (Lipinski definition) is 3. The van der Waals surface area contributed by atoms with E-state index >= 15 is 0 Å². The molecule has 0 spiro atoms. The summed E-state index contributed by atoms with van der Waals surface area (Å²) in [5, 5.41) is 22.4. The second-order valence-corrected chi connectivity index (χ2v) is 5.52. The fraction of sp³-hybridized carbons (Fsp3) is 0.571. The Balaban J connectivity index is 2.86. The van der Waals surface area contributed by atoms with Crippen molar-refractivity contribution >= 4 is 15.9 Å². The van der Waals surface area contributed by atoms with Gasteiger partial charge in [-0.05, 0) is 30.5 Å². The van der Waals surface area contributed by atoms with Crippen LogP contribution in [0.2, 0.25) is 0 Å². The Hall–Kier alpha value is -0.420. The topological polar surface area (TPSA) is 52.5 Å². The smallest absolute Gasteiger partial charge is 0.0650 e. The molecule has 0 bridgehead atoms. The standard InChI is InChI=1S/C14H22BrNO2/c1-3-13(11-5-7-12(15)8-6-11)16-14(4-2,9-17)10-18/h5-8,13,16-18H,3-4,9-10H2,1-2H3. The lowest BCUT2D eigenvalue weighted by atomic mass is 9.94. The molecule has 0 fully saturated rings. The summed E-state index contributed by atoms with van der Waals surface area (Å²) in [6.07, 6.45) is 1.59. The van der Waals surface area contributed by atoms with Gasteiger partial charge in [-0.3, -0.25) is 0 Å². The predicted octanol–water partition coefficient (Wildman–Crippen LogP) is 2.62. The molecule has 18 heavy (non-hydrogen) atoms. The normalized spacial score (nSPS) is 13.6. The SMILES string of the molecule is CCC(NC(CC)(CO)CO)c1ccc(Br)cc1. The minimum absolute atomic E-state index is 0.0625. The van der Waals surface area contributed by atoms with E-state index in [1.165, 1.54) is 5.56 Å². The summed E-state index contributed by atoms with van der Waals surface area (Å²) in [5.74, 6) is 0. The van der Waals surface area contributed by atoms with Crippen LogP contribution in [0.3, 0.4) is 0 Å². The Labute approximate surface area is 117 Å². The molecule has 102 valence electrons. The van der Waals surface area contributed by atoms with Gasteiger partial charge < -0.3 is 15.5 Å². The molecule has 0 heterocycles. The zero-order valence-corrected chi connectivity index (χ0v) is 12.6. The summed E-state index contributed by atoms with van der Waals surface area (Å²) in [6.45, 7) is 3.93. The molecule has 0 radical (unpaired) electrons. The predicted molar refractivity (Wildman–Crippen MR) is 77.5 cm³/mol. The molecule has 0 aliphatic heterocycles. The van der Waals surface area contributed by atoms with Crippen molar-refractivity contribution in [1.29, 1.82) is 0 Å². The van der Waals surface area contributed by atoms with Gasteiger partial charge in [0.25, 0.3) is 0 Å². The van der Waals surface area contributed by atoms with E-state index in [0.717, 1.165) is 10.9 Å². The molecule has 1 aromatic carbocycles. The van der Waals surface area contributed by atoms with Crippen molar-refractivity contribution in [2.75, 3.05) is 13.2 Å². The van der Waals surface area contributed by atoms with Crippen LogP contribution in [0.5, 0.6) is 0 Å². The maximum absolute atomic E-state index is 9.48. The number of aliphatic hydroxyl groups excluding tert-OH is 2. The molecule has 0 aliphatic rings. The summed E-state index contributed by atoms with van der Waals surface area (Å²) in [4.78, 5) is 0. The average Bonchev–Trinajstić information content (AvgIpc) is 2.42. The van der Waals surface area contributed by atoms with Gasteiger partial charge in [0.05, 0.1) is 18.8 Å². The van der Waals surface area contributed by atoms with E-state index in [1.54, 1.807) is 0 Å². The van der Waals surface area contributed by atoms with Crippen LogP contribution in [-0.4, -0.2) is 29.0 Å². The quantitative estimate of drug-likeness (QED) is 0.725. The molecular formula is C14H22BrNO2. The molecule has 1 aromatic rings. The van der Waals surface area contributed by atoms with Crippen molar-refractivity contribution in [2.24, 2.45) is 0 Å². The van der Waals surface area contributed by atoms with E-state index in [1.807, 2.05) is 19.1 Å². The lowest BCUT2D eigenvalue weighted by Gasteiger charge is -2.34. The highest BCUT2D eigenvalue weighted by Gasteiger charge is 2.29. The molecule has 1 unspecified atom stereocenters. The third kappa shape index (κ3) is 3.79. The number of rotatable bonds is 7. The number of nitrogens with one attached hydrogen (secondary N) is 1. The van der Waals surface area contributed by atoms with Gasteiger partial charge in [-0.2, -0.15) is 0 Å². The number of benzene rings is 1. The summed E-state index contributed by atoms with van der Waals surface area (Å²) >= 11 is 3.42. The molecular weight excluding hydrogens is 294 g/mol. The third-order valence-corrected chi connectivity index (χ3v) is 3.97. The molecule has 0 amide bonds. The van der Waals surface area contributed by atoms with E-state index in [2.05, 4.69) is 40.3 Å². The number of aliphatic hydroxyl groups is 2. The highest BCUT2D eigenvalue weighted by atomic mass is 79.9. The summed E-state index contributed by atoms with van der Waals surface area (Å²) in [7, 11) is 0. The van der Waals surface area contributed by atoms with Crippen LogP contribution in [-0.2, 0) is 0 Å². The second kappa shape index (κ2) is 7.24. The van der Waals surface area contributed by atoms with E-state index < -0.39 is 5.54 Å². The first kappa shape index (κ1) is 15.6. The summed E-state index contributed by atoms with van der Waals surface area (Å²) < 4.78 is 1.05. The molecule has 1 rings (SSSR count). The van der Waals surface area contributed by atoms with Gasteiger partial charge in [-0.1, -0.05) is 41.9 Å². The van der Waals surface area contributed by atoms with Crippen LogP contribution in [0.25, 0.3) is 0 Å². The van der Waals surface area contributed by atoms with E-state index in [9.17, 15) is 10.2 Å². The minimum atomic E-state index is -0.603. The van der Waals surface area contributed by atoms with Crippen molar-refractivity contribution in [3.05, 3.63) is 34.3 Å². The monoisotopic (exact) mass is 315 g/mol. The van der Waals surface area contributed by atoms with Gasteiger partial charge >= 0.3 is 0 Å². The summed E-state index contributed by atoms with van der Waals surface area (Å²) in [6, 6.07) is 8.26. The second-order valence-electron chi connectivity index (χ2n) is 4.61. The van der Waals surface area contributed by atoms with Crippen LogP contribution < -0.4 is 5.32 Å². The minimum Gasteiger partial charge on any atom is -0.394 e. The average molecular weight is 316 g/mol. The van der Waals surface area contributed by atoms with E-state index in [4.69, 9.17) is 0 Å². The van der Waals surface area contributed by atoms with E-state index in [-0.39, 0.29) is 19.3 Å². The van der Waals surface area contributed by atoms with Gasteiger partial charge in [0.2, 0.25) is 0 Å². The molecule has 0 aliphatic carbocycles. The number of halogens is 1. The fourth-order valence-electron chi connectivity index (χ4n) is 1.95. The third-order valence-electron chi connectivity index (χ3n) is 3.44. The van der Waals surface area contributed by atoms with Crippen molar-refractivity contribution in [3.63, 3.8) is 0 Å². The zero-order valence-electron chi connectivity index (χ0n) is 11.0. The molecule has 0 saturated heterocycles. The van der Waals surface area contributed by atoms with Crippen LogP contribution in [0.15, 0.2) is 28.7 Å². The van der Waals surface area contributed by atoms with Crippen molar-refractivity contribution in [2.45, 2.75) is 38.3 Å². The Morgan fingerprint density at radius 2 is 1.72 bits per heavy atom. The molecule has 3 nitrogen and oxygen atoms in total. The summed E-state index contributed by atoms with van der Waals surface area (Å²) in [5.41, 5.74) is 0.564. The van der Waals surface area contributed by atoms with Crippen LogP contribution in [0.4, 0.5) is 0 Å². The highest BCUT2D eigenvalue weighted by Crippen LogP contribution is 2.23. The lowest BCUT2D eigenvalue weighted by Crippen LogP contribution is -2.52. The van der Waals surface area contributed by atoms with Crippen LogP contribution >= 0.6 is 15.9 Å². The Bertz CT molecular complexity index is 341. The van der Waals surface area contributed by atoms with Crippen molar-refractivity contribution < 1.29 is 10.2 Å². The Morgan fingerprint density at radius 1 is 1.17 bits per heavy atom. The van der Waals surface area contributed by atoms with Gasteiger partial charge in [-0.15, -0.1) is 0 Å². The van der Waals surface area contributed by atoms with E-state index in [0.29, 0.717) is 6.42 Å².